The number of benzene rings is 1. The average Bonchev–Trinajstić information content (AvgIpc) is 2.65. The van der Waals surface area contributed by atoms with E-state index >= 15 is 0 Å². The summed E-state index contributed by atoms with van der Waals surface area (Å²) in [5.41, 5.74) is 3.04. The van der Waals surface area contributed by atoms with Crippen LogP contribution in [-0.4, -0.2) is 26.4 Å². The molecular weight excluding hydrogens is 355 g/mol. The predicted molar refractivity (Wildman–Crippen MR) is 97.3 cm³/mol. The number of H-pyrrole nitrogens is 1. The first-order valence-corrected chi connectivity index (χ1v) is 8.67. The van der Waals surface area contributed by atoms with Crippen LogP contribution in [0.3, 0.4) is 0 Å². The molecule has 3 aromatic rings. The van der Waals surface area contributed by atoms with E-state index in [4.69, 9.17) is 11.6 Å². The first kappa shape index (κ1) is 16.9. The molecule has 0 saturated carbocycles. The van der Waals surface area contributed by atoms with Crippen LogP contribution in [0.25, 0.3) is 11.4 Å². The third kappa shape index (κ3) is 3.38. The summed E-state index contributed by atoms with van der Waals surface area (Å²) in [7, 11) is 0. The standard InChI is InChI=1S/C19H16ClFN4O/c20-16-9-14(21)2-1-13(16)10-25-8-5-17-15(11-25)19(26)24-18(23-17)12-3-6-22-7-4-12/h1-4,6-7,9H,5,8,10-11H2,(H,23,24,26). The van der Waals surface area contributed by atoms with Gasteiger partial charge >= 0.3 is 0 Å². The Morgan fingerprint density at radius 3 is 2.81 bits per heavy atom. The van der Waals surface area contributed by atoms with Crippen molar-refractivity contribution in [3.8, 4) is 11.4 Å². The topological polar surface area (TPSA) is 61.9 Å². The van der Waals surface area contributed by atoms with Gasteiger partial charge in [-0.15, -0.1) is 0 Å². The number of hydrogen-bond acceptors (Lipinski definition) is 4. The number of pyridine rings is 1. The fourth-order valence-corrected chi connectivity index (χ4v) is 3.38. The number of nitrogens with zero attached hydrogens (tertiary/aromatic N) is 3. The quantitative estimate of drug-likeness (QED) is 0.769. The number of nitrogens with one attached hydrogen (secondary N) is 1. The van der Waals surface area contributed by atoms with Gasteiger partial charge in [0.2, 0.25) is 0 Å². The summed E-state index contributed by atoms with van der Waals surface area (Å²) in [4.78, 5) is 26.1. The zero-order valence-electron chi connectivity index (χ0n) is 13.9. The Hall–Kier alpha value is -2.57. The van der Waals surface area contributed by atoms with Crippen LogP contribution < -0.4 is 5.56 Å². The van der Waals surface area contributed by atoms with Crippen LogP contribution >= 0.6 is 11.6 Å². The van der Waals surface area contributed by atoms with E-state index in [2.05, 4.69) is 19.9 Å². The molecule has 1 aliphatic heterocycles. The largest absolute Gasteiger partial charge is 0.306 e. The summed E-state index contributed by atoms with van der Waals surface area (Å²) in [6.07, 6.45) is 4.02. The molecule has 0 amide bonds. The molecule has 1 aromatic carbocycles. The molecule has 26 heavy (non-hydrogen) atoms. The Bertz CT molecular complexity index is 1010. The minimum atomic E-state index is -0.355. The minimum absolute atomic E-state index is 0.128. The molecular formula is C19H16ClFN4O. The zero-order chi connectivity index (χ0) is 18.1. The van der Waals surface area contributed by atoms with Crippen LogP contribution in [0.2, 0.25) is 5.02 Å². The summed E-state index contributed by atoms with van der Waals surface area (Å²) >= 11 is 6.12. The molecule has 0 bridgehead atoms. The lowest BCUT2D eigenvalue weighted by Crippen LogP contribution is -2.35. The average molecular weight is 371 g/mol. The van der Waals surface area contributed by atoms with Crippen molar-refractivity contribution in [3.05, 3.63) is 80.7 Å². The molecule has 7 heteroatoms. The molecule has 0 radical (unpaired) electrons. The van der Waals surface area contributed by atoms with Crippen LogP contribution in [0.1, 0.15) is 16.8 Å². The Morgan fingerprint density at radius 1 is 1.23 bits per heavy atom. The third-order valence-corrected chi connectivity index (χ3v) is 4.86. The van der Waals surface area contributed by atoms with Gasteiger partial charge in [-0.2, -0.15) is 0 Å². The number of hydrogen-bond donors (Lipinski definition) is 1. The second-order valence-electron chi connectivity index (χ2n) is 6.27. The number of rotatable bonds is 3. The summed E-state index contributed by atoms with van der Waals surface area (Å²) in [5, 5.41) is 0.399. The normalized spacial score (nSPS) is 14.2. The fraction of sp³-hybridized carbons (Fsp3) is 0.211. The zero-order valence-corrected chi connectivity index (χ0v) is 14.6. The highest BCUT2D eigenvalue weighted by Crippen LogP contribution is 2.23. The lowest BCUT2D eigenvalue weighted by Gasteiger charge is -2.28. The van der Waals surface area contributed by atoms with Gasteiger partial charge in [0, 0.05) is 49.0 Å². The highest BCUT2D eigenvalue weighted by Gasteiger charge is 2.22. The molecule has 5 nitrogen and oxygen atoms in total. The van der Waals surface area contributed by atoms with Crippen molar-refractivity contribution in [2.75, 3.05) is 6.54 Å². The van der Waals surface area contributed by atoms with E-state index in [0.29, 0.717) is 35.9 Å². The van der Waals surface area contributed by atoms with E-state index in [1.54, 1.807) is 18.5 Å². The number of fused-ring (bicyclic) bond motifs is 1. The van der Waals surface area contributed by atoms with Gasteiger partial charge in [-0.3, -0.25) is 14.7 Å². The van der Waals surface area contributed by atoms with E-state index in [0.717, 1.165) is 23.4 Å². The van der Waals surface area contributed by atoms with Crippen molar-refractivity contribution in [1.29, 1.82) is 0 Å². The number of aromatic nitrogens is 3. The Labute approximate surface area is 154 Å². The summed E-state index contributed by atoms with van der Waals surface area (Å²) in [5.74, 6) is 0.207. The molecule has 0 saturated heterocycles. The molecule has 1 aliphatic rings. The molecule has 0 fully saturated rings. The molecule has 1 N–H and O–H groups in total. The van der Waals surface area contributed by atoms with Gasteiger partial charge in [-0.1, -0.05) is 17.7 Å². The first-order chi connectivity index (χ1) is 12.6. The number of halogens is 2. The van der Waals surface area contributed by atoms with Gasteiger partial charge in [0.05, 0.1) is 11.3 Å². The third-order valence-electron chi connectivity index (χ3n) is 4.51. The maximum atomic E-state index is 13.2. The van der Waals surface area contributed by atoms with Gasteiger partial charge < -0.3 is 4.98 Å². The Kier molecular flexibility index (Phi) is 4.53. The van der Waals surface area contributed by atoms with Crippen molar-refractivity contribution >= 4 is 11.6 Å². The Morgan fingerprint density at radius 2 is 2.04 bits per heavy atom. The van der Waals surface area contributed by atoms with Crippen molar-refractivity contribution < 1.29 is 4.39 Å². The lowest BCUT2D eigenvalue weighted by molar-refractivity contribution is 0.242. The first-order valence-electron chi connectivity index (χ1n) is 8.29. The van der Waals surface area contributed by atoms with Crippen LogP contribution in [-0.2, 0) is 19.5 Å². The monoisotopic (exact) mass is 370 g/mol. The van der Waals surface area contributed by atoms with E-state index in [-0.39, 0.29) is 11.4 Å². The van der Waals surface area contributed by atoms with Gasteiger partial charge in [0.1, 0.15) is 11.6 Å². The molecule has 0 atom stereocenters. The molecule has 0 unspecified atom stereocenters. The Balaban J connectivity index is 1.58. The van der Waals surface area contributed by atoms with Gasteiger partial charge in [0.15, 0.2) is 0 Å². The second kappa shape index (κ2) is 6.97. The molecule has 0 spiro atoms. The number of aromatic amines is 1. The van der Waals surface area contributed by atoms with E-state index in [1.165, 1.54) is 12.1 Å². The molecule has 0 aliphatic carbocycles. The molecule has 132 valence electrons. The highest BCUT2D eigenvalue weighted by atomic mass is 35.5. The van der Waals surface area contributed by atoms with Crippen LogP contribution in [0.15, 0.2) is 47.5 Å². The highest BCUT2D eigenvalue weighted by molar-refractivity contribution is 6.31. The van der Waals surface area contributed by atoms with Gasteiger partial charge in [-0.05, 0) is 29.8 Å². The minimum Gasteiger partial charge on any atom is -0.306 e. The summed E-state index contributed by atoms with van der Waals surface area (Å²) < 4.78 is 13.2. The predicted octanol–water partition coefficient (Wildman–Crippen LogP) is 3.18. The maximum Gasteiger partial charge on any atom is 0.255 e. The van der Waals surface area contributed by atoms with Gasteiger partial charge in [0.25, 0.3) is 5.56 Å². The maximum absolute atomic E-state index is 13.2. The summed E-state index contributed by atoms with van der Waals surface area (Å²) in [6, 6.07) is 8.02. The van der Waals surface area contributed by atoms with Crippen LogP contribution in [0.5, 0.6) is 0 Å². The SMILES string of the molecule is O=c1[nH]c(-c2ccncc2)nc2c1CN(Cc1ccc(F)cc1Cl)CC2. The smallest absolute Gasteiger partial charge is 0.255 e. The summed E-state index contributed by atoms with van der Waals surface area (Å²) in [6.45, 7) is 1.80. The fourth-order valence-electron chi connectivity index (χ4n) is 3.15. The van der Waals surface area contributed by atoms with Crippen molar-refractivity contribution in [2.45, 2.75) is 19.5 Å². The molecule has 2 aromatic heterocycles. The molecule has 3 heterocycles. The van der Waals surface area contributed by atoms with Crippen molar-refractivity contribution in [2.24, 2.45) is 0 Å². The van der Waals surface area contributed by atoms with E-state index in [1.807, 2.05) is 12.1 Å². The van der Waals surface area contributed by atoms with Crippen molar-refractivity contribution in [1.82, 2.24) is 19.9 Å². The molecule has 4 rings (SSSR count). The van der Waals surface area contributed by atoms with Crippen molar-refractivity contribution in [3.63, 3.8) is 0 Å². The van der Waals surface area contributed by atoms with Crippen LogP contribution in [0.4, 0.5) is 4.39 Å². The van der Waals surface area contributed by atoms with Gasteiger partial charge in [-0.25, -0.2) is 9.37 Å². The lowest BCUT2D eigenvalue weighted by atomic mass is 10.1. The second-order valence-corrected chi connectivity index (χ2v) is 6.68. The van der Waals surface area contributed by atoms with Crippen LogP contribution in [0, 0.1) is 5.82 Å². The van der Waals surface area contributed by atoms with E-state index < -0.39 is 0 Å². The van der Waals surface area contributed by atoms with E-state index in [9.17, 15) is 9.18 Å².